The lowest BCUT2D eigenvalue weighted by molar-refractivity contribution is -0.0733. The number of oxime groups is 1. The number of nitrogens with zero attached hydrogens (tertiary/aromatic N) is 2. The summed E-state index contributed by atoms with van der Waals surface area (Å²) in [5, 5.41) is 12.4. The third-order valence-electron chi connectivity index (χ3n) is 3.31. The zero-order valence-corrected chi connectivity index (χ0v) is 9.52. The highest BCUT2D eigenvalue weighted by Crippen LogP contribution is 2.24. The molecule has 86 valence electrons. The molecule has 0 aromatic heterocycles. The van der Waals surface area contributed by atoms with Crippen molar-refractivity contribution in [2.24, 2.45) is 5.16 Å². The predicted octanol–water partition coefficient (Wildman–Crippen LogP) is 1.48. The van der Waals surface area contributed by atoms with Crippen LogP contribution in [0.1, 0.15) is 33.1 Å². The Hall–Kier alpha value is -0.610. The van der Waals surface area contributed by atoms with Gasteiger partial charge in [0.2, 0.25) is 0 Å². The topological polar surface area (TPSA) is 45.1 Å². The number of hydrogen-bond donors (Lipinski definition) is 1. The molecule has 2 fully saturated rings. The molecule has 0 unspecified atom stereocenters. The first kappa shape index (κ1) is 10.9. The molecule has 2 rings (SSSR count). The van der Waals surface area contributed by atoms with Crippen molar-refractivity contribution >= 4 is 5.71 Å². The molecular formula is C11H20N2O2. The lowest BCUT2D eigenvalue weighted by atomic mass is 10.1. The molecule has 0 spiro atoms. The van der Waals surface area contributed by atoms with E-state index in [1.165, 1.54) is 0 Å². The average molecular weight is 212 g/mol. The summed E-state index contributed by atoms with van der Waals surface area (Å²) < 4.78 is 5.70. The van der Waals surface area contributed by atoms with Crippen LogP contribution in [-0.2, 0) is 4.74 Å². The van der Waals surface area contributed by atoms with E-state index in [-0.39, 0.29) is 12.2 Å². The van der Waals surface area contributed by atoms with E-state index in [9.17, 15) is 0 Å². The van der Waals surface area contributed by atoms with E-state index in [4.69, 9.17) is 9.94 Å². The fourth-order valence-electron chi connectivity index (χ4n) is 2.79. The predicted molar refractivity (Wildman–Crippen MR) is 58.4 cm³/mol. The molecule has 0 aromatic carbocycles. The van der Waals surface area contributed by atoms with Crippen LogP contribution < -0.4 is 0 Å². The first-order valence-corrected chi connectivity index (χ1v) is 5.81. The molecule has 1 saturated carbocycles. The minimum Gasteiger partial charge on any atom is -0.411 e. The van der Waals surface area contributed by atoms with E-state index in [1.54, 1.807) is 0 Å². The number of ether oxygens (including phenoxy) is 1. The Morgan fingerprint density at radius 2 is 2.00 bits per heavy atom. The van der Waals surface area contributed by atoms with Crippen LogP contribution in [0.25, 0.3) is 0 Å². The monoisotopic (exact) mass is 212 g/mol. The number of morpholine rings is 1. The Balaban J connectivity index is 2.03. The molecule has 15 heavy (non-hydrogen) atoms. The van der Waals surface area contributed by atoms with E-state index >= 15 is 0 Å². The maximum absolute atomic E-state index is 8.93. The Bertz CT molecular complexity index is 245. The SMILES string of the molecule is C[C@@H]1CN([C@H]2CCC/C2=N\O)C[C@@H](C)O1. The summed E-state index contributed by atoms with van der Waals surface area (Å²) in [7, 11) is 0. The lowest BCUT2D eigenvalue weighted by Crippen LogP contribution is -2.51. The number of rotatable bonds is 1. The molecule has 1 aliphatic heterocycles. The first-order chi connectivity index (χ1) is 7.20. The van der Waals surface area contributed by atoms with Crippen molar-refractivity contribution in [3.05, 3.63) is 0 Å². The summed E-state index contributed by atoms with van der Waals surface area (Å²) in [6, 6.07) is 0.351. The van der Waals surface area contributed by atoms with Gasteiger partial charge in [0.05, 0.1) is 24.0 Å². The highest BCUT2D eigenvalue weighted by molar-refractivity contribution is 5.90. The molecule has 3 atom stereocenters. The van der Waals surface area contributed by atoms with Gasteiger partial charge in [-0.15, -0.1) is 0 Å². The van der Waals surface area contributed by atoms with Crippen LogP contribution in [0.15, 0.2) is 5.16 Å². The van der Waals surface area contributed by atoms with Gasteiger partial charge in [-0.1, -0.05) is 5.16 Å². The zero-order chi connectivity index (χ0) is 10.8. The van der Waals surface area contributed by atoms with Crippen LogP contribution >= 0.6 is 0 Å². The normalized spacial score (nSPS) is 41.2. The van der Waals surface area contributed by atoms with Gasteiger partial charge in [0.25, 0.3) is 0 Å². The molecule has 4 nitrogen and oxygen atoms in total. The molecule has 0 bridgehead atoms. The molecule has 1 N–H and O–H groups in total. The Labute approximate surface area is 90.9 Å². The van der Waals surface area contributed by atoms with Crippen molar-refractivity contribution in [2.75, 3.05) is 13.1 Å². The fourth-order valence-corrected chi connectivity index (χ4v) is 2.79. The van der Waals surface area contributed by atoms with Crippen LogP contribution in [-0.4, -0.2) is 47.2 Å². The average Bonchev–Trinajstić information content (AvgIpc) is 2.63. The van der Waals surface area contributed by atoms with Crippen molar-refractivity contribution in [2.45, 2.75) is 51.4 Å². The van der Waals surface area contributed by atoms with Crippen LogP contribution in [0, 0.1) is 0 Å². The third kappa shape index (κ3) is 2.32. The van der Waals surface area contributed by atoms with Crippen molar-refractivity contribution in [3.63, 3.8) is 0 Å². The zero-order valence-electron chi connectivity index (χ0n) is 9.52. The van der Waals surface area contributed by atoms with E-state index in [2.05, 4.69) is 23.9 Å². The van der Waals surface area contributed by atoms with Gasteiger partial charge in [-0.05, 0) is 33.1 Å². The van der Waals surface area contributed by atoms with Crippen molar-refractivity contribution in [3.8, 4) is 0 Å². The van der Waals surface area contributed by atoms with Gasteiger partial charge in [0, 0.05) is 13.1 Å². The molecule has 0 radical (unpaired) electrons. The Morgan fingerprint density at radius 3 is 2.60 bits per heavy atom. The van der Waals surface area contributed by atoms with E-state index < -0.39 is 0 Å². The van der Waals surface area contributed by atoms with Gasteiger partial charge in [-0.3, -0.25) is 4.90 Å². The third-order valence-corrected chi connectivity index (χ3v) is 3.31. The maximum atomic E-state index is 8.93. The van der Waals surface area contributed by atoms with Crippen LogP contribution in [0.4, 0.5) is 0 Å². The van der Waals surface area contributed by atoms with Gasteiger partial charge in [-0.25, -0.2) is 0 Å². The second-order valence-corrected chi connectivity index (χ2v) is 4.71. The summed E-state index contributed by atoms with van der Waals surface area (Å²) in [5.41, 5.74) is 0.955. The highest BCUT2D eigenvalue weighted by atomic mass is 16.5. The molecule has 4 heteroatoms. The van der Waals surface area contributed by atoms with Gasteiger partial charge < -0.3 is 9.94 Å². The smallest absolute Gasteiger partial charge is 0.0742 e. The van der Waals surface area contributed by atoms with Gasteiger partial charge in [0.15, 0.2) is 0 Å². The lowest BCUT2D eigenvalue weighted by Gasteiger charge is -2.38. The highest BCUT2D eigenvalue weighted by Gasteiger charge is 2.33. The molecule has 2 aliphatic rings. The van der Waals surface area contributed by atoms with Crippen molar-refractivity contribution in [1.29, 1.82) is 0 Å². The molecule has 1 aliphatic carbocycles. The van der Waals surface area contributed by atoms with E-state index in [0.29, 0.717) is 6.04 Å². The van der Waals surface area contributed by atoms with Crippen molar-refractivity contribution in [1.82, 2.24) is 4.90 Å². The van der Waals surface area contributed by atoms with Crippen LogP contribution in [0.5, 0.6) is 0 Å². The minimum absolute atomic E-state index is 0.286. The standard InChI is InChI=1S/C11H20N2O2/c1-8-6-13(7-9(2)15-8)11-5-3-4-10(11)12-14/h8-9,11,14H,3-7H2,1-2H3/b12-10+/t8-,9-,11+/m1/s1. The summed E-state index contributed by atoms with van der Waals surface area (Å²) in [4.78, 5) is 2.40. The first-order valence-electron chi connectivity index (χ1n) is 5.81. The second kappa shape index (κ2) is 4.49. The summed E-state index contributed by atoms with van der Waals surface area (Å²) in [6.07, 6.45) is 3.79. The fraction of sp³-hybridized carbons (Fsp3) is 0.909. The maximum Gasteiger partial charge on any atom is 0.0742 e. The second-order valence-electron chi connectivity index (χ2n) is 4.71. The van der Waals surface area contributed by atoms with Crippen molar-refractivity contribution < 1.29 is 9.94 Å². The largest absolute Gasteiger partial charge is 0.411 e. The Morgan fingerprint density at radius 1 is 1.33 bits per heavy atom. The molecular weight excluding hydrogens is 192 g/mol. The summed E-state index contributed by atoms with van der Waals surface area (Å²) >= 11 is 0. The van der Waals surface area contributed by atoms with E-state index in [0.717, 1.165) is 38.1 Å². The molecule has 0 amide bonds. The summed E-state index contributed by atoms with van der Waals surface area (Å²) in [5.74, 6) is 0. The van der Waals surface area contributed by atoms with Crippen LogP contribution in [0.2, 0.25) is 0 Å². The van der Waals surface area contributed by atoms with E-state index in [1.807, 2.05) is 0 Å². The Kier molecular flexibility index (Phi) is 3.26. The minimum atomic E-state index is 0.286. The molecule has 0 aromatic rings. The summed E-state index contributed by atoms with van der Waals surface area (Å²) in [6.45, 7) is 6.11. The van der Waals surface area contributed by atoms with Gasteiger partial charge in [-0.2, -0.15) is 0 Å². The van der Waals surface area contributed by atoms with Crippen LogP contribution in [0.3, 0.4) is 0 Å². The molecule has 1 heterocycles. The molecule has 1 saturated heterocycles. The van der Waals surface area contributed by atoms with Gasteiger partial charge in [0.1, 0.15) is 0 Å². The van der Waals surface area contributed by atoms with Gasteiger partial charge >= 0.3 is 0 Å². The number of hydrogen-bond acceptors (Lipinski definition) is 4. The quantitative estimate of drug-likeness (QED) is 0.529.